The number of hydrogen-bond donors (Lipinski definition) is 1. The average molecular weight is 278 g/mol. The van der Waals surface area contributed by atoms with Crippen molar-refractivity contribution in [2.45, 2.75) is 64.0 Å². The first kappa shape index (κ1) is 14.0. The number of ether oxygens (including phenoxy) is 1. The Morgan fingerprint density at radius 2 is 2.05 bits per heavy atom. The summed E-state index contributed by atoms with van der Waals surface area (Å²) >= 11 is 0. The van der Waals surface area contributed by atoms with E-state index in [2.05, 4.69) is 33.9 Å². The van der Waals surface area contributed by atoms with E-state index in [4.69, 9.17) is 4.74 Å². The highest BCUT2D eigenvalue weighted by atomic mass is 16.5. The van der Waals surface area contributed by atoms with Crippen molar-refractivity contribution in [2.24, 2.45) is 0 Å². The molecule has 3 rings (SSSR count). The average Bonchev–Trinajstić information content (AvgIpc) is 3.15. The zero-order valence-corrected chi connectivity index (χ0v) is 12.6. The van der Waals surface area contributed by atoms with Gasteiger partial charge in [0.25, 0.3) is 0 Å². The van der Waals surface area contributed by atoms with Crippen LogP contribution in [-0.2, 0) is 4.74 Å². The second-order valence-electron chi connectivity index (χ2n) is 6.12. The van der Waals surface area contributed by atoms with Crippen LogP contribution in [0.5, 0.6) is 0 Å². The van der Waals surface area contributed by atoms with Crippen LogP contribution >= 0.6 is 0 Å². The van der Waals surface area contributed by atoms with Crippen molar-refractivity contribution in [1.82, 2.24) is 20.1 Å². The van der Waals surface area contributed by atoms with Gasteiger partial charge in [0.05, 0.1) is 19.1 Å². The number of aryl methyl sites for hydroxylation is 1. The van der Waals surface area contributed by atoms with E-state index in [1.54, 1.807) is 0 Å². The Kier molecular flexibility index (Phi) is 4.36. The lowest BCUT2D eigenvalue weighted by Gasteiger charge is -2.22. The van der Waals surface area contributed by atoms with Gasteiger partial charge in [-0.25, -0.2) is 0 Å². The molecule has 1 aliphatic carbocycles. The molecule has 5 heteroatoms. The molecule has 2 fully saturated rings. The Labute approximate surface area is 121 Å². The van der Waals surface area contributed by atoms with Crippen LogP contribution in [0.25, 0.3) is 0 Å². The molecule has 0 aromatic carbocycles. The van der Waals surface area contributed by atoms with Crippen molar-refractivity contribution >= 4 is 0 Å². The lowest BCUT2D eigenvalue weighted by molar-refractivity contribution is 0.186. The van der Waals surface area contributed by atoms with Crippen LogP contribution in [-0.4, -0.2) is 40.6 Å². The highest BCUT2D eigenvalue weighted by Crippen LogP contribution is 2.34. The minimum absolute atomic E-state index is 0.350. The normalized spacial score (nSPS) is 27.5. The van der Waals surface area contributed by atoms with Gasteiger partial charge >= 0.3 is 0 Å². The first-order valence-corrected chi connectivity index (χ1v) is 8.03. The summed E-state index contributed by atoms with van der Waals surface area (Å²) in [5.74, 6) is 2.55. The molecule has 0 bridgehead atoms. The highest BCUT2D eigenvalue weighted by molar-refractivity contribution is 5.10. The SMILES string of the molecule is CCCNC1COCC1c1nnc(C)n1C1CCCC1. The van der Waals surface area contributed by atoms with Gasteiger partial charge in [-0.05, 0) is 32.7 Å². The van der Waals surface area contributed by atoms with Gasteiger partial charge in [0, 0.05) is 12.1 Å². The third-order valence-corrected chi connectivity index (χ3v) is 4.65. The first-order chi connectivity index (χ1) is 9.81. The smallest absolute Gasteiger partial charge is 0.140 e. The standard InChI is InChI=1S/C15H26N4O/c1-3-8-16-14-10-20-9-13(14)15-18-17-11(2)19(15)12-6-4-5-7-12/h12-14,16H,3-10H2,1-2H3. The third-order valence-electron chi connectivity index (χ3n) is 4.65. The summed E-state index contributed by atoms with van der Waals surface area (Å²) in [6, 6.07) is 0.992. The topological polar surface area (TPSA) is 52.0 Å². The van der Waals surface area contributed by atoms with Crippen molar-refractivity contribution in [2.75, 3.05) is 19.8 Å². The molecule has 1 aromatic rings. The Morgan fingerprint density at radius 3 is 2.80 bits per heavy atom. The van der Waals surface area contributed by atoms with Gasteiger partial charge in [-0.1, -0.05) is 19.8 Å². The fraction of sp³-hybridized carbons (Fsp3) is 0.867. The number of aromatic nitrogens is 3. The van der Waals surface area contributed by atoms with E-state index in [-0.39, 0.29) is 0 Å². The fourth-order valence-corrected chi connectivity index (χ4v) is 3.59. The molecule has 112 valence electrons. The molecule has 1 saturated heterocycles. The van der Waals surface area contributed by atoms with Crippen molar-refractivity contribution in [3.8, 4) is 0 Å². The number of nitrogens with zero attached hydrogens (tertiary/aromatic N) is 3. The predicted octanol–water partition coefficient (Wildman–Crippen LogP) is 2.18. The second-order valence-corrected chi connectivity index (χ2v) is 6.12. The van der Waals surface area contributed by atoms with Crippen LogP contribution in [0.1, 0.15) is 62.6 Å². The van der Waals surface area contributed by atoms with E-state index in [0.29, 0.717) is 18.0 Å². The van der Waals surface area contributed by atoms with Crippen LogP contribution in [0.4, 0.5) is 0 Å². The van der Waals surface area contributed by atoms with E-state index < -0.39 is 0 Å². The van der Waals surface area contributed by atoms with Gasteiger partial charge in [0.1, 0.15) is 11.6 Å². The summed E-state index contributed by atoms with van der Waals surface area (Å²) in [6.07, 6.45) is 6.36. The molecular formula is C15H26N4O. The summed E-state index contributed by atoms with van der Waals surface area (Å²) in [5.41, 5.74) is 0. The van der Waals surface area contributed by atoms with E-state index in [1.165, 1.54) is 25.7 Å². The largest absolute Gasteiger partial charge is 0.379 e. The molecule has 2 aliphatic rings. The van der Waals surface area contributed by atoms with E-state index in [9.17, 15) is 0 Å². The molecule has 0 spiro atoms. The lowest BCUT2D eigenvalue weighted by Crippen LogP contribution is -2.36. The zero-order valence-electron chi connectivity index (χ0n) is 12.6. The molecule has 1 saturated carbocycles. The van der Waals surface area contributed by atoms with Crippen LogP contribution in [0, 0.1) is 6.92 Å². The van der Waals surface area contributed by atoms with Gasteiger partial charge in [0.2, 0.25) is 0 Å². The molecule has 2 unspecified atom stereocenters. The second kappa shape index (κ2) is 6.22. The van der Waals surface area contributed by atoms with E-state index >= 15 is 0 Å². The third kappa shape index (κ3) is 2.61. The Bertz CT molecular complexity index is 439. The molecule has 0 radical (unpaired) electrons. The number of hydrogen-bond acceptors (Lipinski definition) is 4. The van der Waals surface area contributed by atoms with E-state index in [0.717, 1.165) is 37.8 Å². The van der Waals surface area contributed by atoms with Crippen molar-refractivity contribution in [3.05, 3.63) is 11.6 Å². The Hall–Kier alpha value is -0.940. The Balaban J connectivity index is 1.82. The van der Waals surface area contributed by atoms with Crippen molar-refractivity contribution in [1.29, 1.82) is 0 Å². The van der Waals surface area contributed by atoms with Gasteiger partial charge in [-0.3, -0.25) is 0 Å². The minimum atomic E-state index is 0.350. The first-order valence-electron chi connectivity index (χ1n) is 8.03. The molecular weight excluding hydrogens is 252 g/mol. The molecule has 0 amide bonds. The minimum Gasteiger partial charge on any atom is -0.379 e. The maximum atomic E-state index is 5.70. The van der Waals surface area contributed by atoms with Crippen molar-refractivity contribution in [3.63, 3.8) is 0 Å². The molecule has 1 N–H and O–H groups in total. The van der Waals surface area contributed by atoms with Crippen molar-refractivity contribution < 1.29 is 4.74 Å². The van der Waals surface area contributed by atoms with Crippen LogP contribution in [0.3, 0.4) is 0 Å². The molecule has 5 nitrogen and oxygen atoms in total. The summed E-state index contributed by atoms with van der Waals surface area (Å²) < 4.78 is 8.10. The monoisotopic (exact) mass is 278 g/mol. The van der Waals surface area contributed by atoms with Crippen LogP contribution in [0.15, 0.2) is 0 Å². The molecule has 2 heterocycles. The maximum absolute atomic E-state index is 5.70. The number of nitrogens with one attached hydrogen (secondary N) is 1. The quantitative estimate of drug-likeness (QED) is 0.897. The summed E-state index contributed by atoms with van der Waals surface area (Å²) in [6.45, 7) is 6.89. The molecule has 20 heavy (non-hydrogen) atoms. The predicted molar refractivity (Wildman–Crippen MR) is 77.9 cm³/mol. The highest BCUT2D eigenvalue weighted by Gasteiger charge is 2.35. The maximum Gasteiger partial charge on any atom is 0.140 e. The van der Waals surface area contributed by atoms with Crippen LogP contribution in [0.2, 0.25) is 0 Å². The molecule has 1 aromatic heterocycles. The van der Waals surface area contributed by atoms with Gasteiger partial charge in [-0.2, -0.15) is 0 Å². The fourth-order valence-electron chi connectivity index (χ4n) is 3.59. The lowest BCUT2D eigenvalue weighted by atomic mass is 10.0. The van der Waals surface area contributed by atoms with Gasteiger partial charge in [-0.15, -0.1) is 10.2 Å². The Morgan fingerprint density at radius 1 is 1.25 bits per heavy atom. The molecule has 2 atom stereocenters. The van der Waals surface area contributed by atoms with Gasteiger partial charge in [0.15, 0.2) is 0 Å². The van der Waals surface area contributed by atoms with E-state index in [1.807, 2.05) is 0 Å². The summed E-state index contributed by atoms with van der Waals surface area (Å²) in [5, 5.41) is 12.4. The summed E-state index contributed by atoms with van der Waals surface area (Å²) in [4.78, 5) is 0. The number of rotatable bonds is 5. The summed E-state index contributed by atoms with van der Waals surface area (Å²) in [7, 11) is 0. The van der Waals surface area contributed by atoms with Crippen LogP contribution < -0.4 is 5.32 Å². The zero-order chi connectivity index (χ0) is 13.9. The van der Waals surface area contributed by atoms with Gasteiger partial charge < -0.3 is 14.6 Å². The molecule has 1 aliphatic heterocycles.